The van der Waals surface area contributed by atoms with Crippen LogP contribution in [0.5, 0.6) is 0 Å². The maximum Gasteiger partial charge on any atom is 0.0984 e. The zero-order chi connectivity index (χ0) is 6.97. The first-order valence-corrected chi connectivity index (χ1v) is 3.79. The van der Waals surface area contributed by atoms with Crippen molar-refractivity contribution in [1.29, 1.82) is 0 Å². The van der Waals surface area contributed by atoms with Gasteiger partial charge in [-0.05, 0) is 12.1 Å². The summed E-state index contributed by atoms with van der Waals surface area (Å²) in [6.45, 7) is 5.50. The van der Waals surface area contributed by atoms with Gasteiger partial charge < -0.3 is 0 Å². The Morgan fingerprint density at radius 2 is 2.10 bits per heavy atom. The molecule has 1 aromatic carbocycles. The Morgan fingerprint density at radius 3 is 2.90 bits per heavy atom. The van der Waals surface area contributed by atoms with E-state index in [9.17, 15) is 0 Å². The van der Waals surface area contributed by atoms with Gasteiger partial charge in [-0.2, -0.15) is 0 Å². The molecule has 0 atom stereocenters. The fourth-order valence-corrected chi connectivity index (χ4v) is 1.62. The summed E-state index contributed by atoms with van der Waals surface area (Å²) < 4.78 is 1.15. The highest BCUT2D eigenvalue weighted by molar-refractivity contribution is 7.18. The molecule has 0 unspecified atom stereocenters. The average Bonchev–Trinajstić information content (AvgIpc) is 2.27. The minimum absolute atomic E-state index is 0.640. The second-order valence-corrected chi connectivity index (χ2v) is 3.08. The summed E-state index contributed by atoms with van der Waals surface area (Å²) in [7, 11) is 0. The molecular formula is C8H5NS. The Kier molecular flexibility index (Phi) is 1.21. The minimum atomic E-state index is 0.640. The van der Waals surface area contributed by atoms with E-state index in [1.165, 1.54) is 11.3 Å². The van der Waals surface area contributed by atoms with Crippen molar-refractivity contribution in [2.24, 2.45) is 0 Å². The van der Waals surface area contributed by atoms with Crippen LogP contribution in [0.25, 0.3) is 10.2 Å². The van der Waals surface area contributed by atoms with Crippen LogP contribution in [0.4, 0.5) is 0 Å². The predicted molar refractivity (Wildman–Crippen MR) is 43.0 cm³/mol. The van der Waals surface area contributed by atoms with Crippen LogP contribution in [0.15, 0.2) is 24.3 Å². The molecule has 1 nitrogen and oxygen atoms in total. The zero-order valence-corrected chi connectivity index (χ0v) is 6.06. The summed E-state index contributed by atoms with van der Waals surface area (Å²) in [6, 6.07) is 7.92. The Labute approximate surface area is 63.3 Å². The first-order valence-electron chi connectivity index (χ1n) is 2.97. The first-order chi connectivity index (χ1) is 4.86. The number of nitrogens with zero attached hydrogens (tertiary/aromatic N) is 1. The van der Waals surface area contributed by atoms with Gasteiger partial charge in [0.1, 0.15) is 0 Å². The average molecular weight is 147 g/mol. The third-order valence-electron chi connectivity index (χ3n) is 1.31. The molecule has 0 aliphatic rings. The van der Waals surface area contributed by atoms with Gasteiger partial charge in [-0.1, -0.05) is 12.1 Å². The summed E-state index contributed by atoms with van der Waals surface area (Å²) in [6.07, 6.45) is 0. The van der Waals surface area contributed by atoms with Gasteiger partial charge >= 0.3 is 0 Å². The lowest BCUT2D eigenvalue weighted by molar-refractivity contribution is 1.43. The lowest BCUT2D eigenvalue weighted by atomic mass is 10.3. The quantitative estimate of drug-likeness (QED) is 0.557. The van der Waals surface area contributed by atoms with Crippen molar-refractivity contribution in [3.63, 3.8) is 0 Å². The van der Waals surface area contributed by atoms with Gasteiger partial charge in [0.25, 0.3) is 0 Å². The summed E-state index contributed by atoms with van der Waals surface area (Å²) in [5, 5.41) is 0.640. The Hall–Kier alpha value is -0.890. The highest BCUT2D eigenvalue weighted by Gasteiger charge is 1.95. The number of fused-ring (bicyclic) bond motifs is 1. The fraction of sp³-hybridized carbons (Fsp3) is 0. The Balaban J connectivity index is 2.88. The number of para-hydroxylation sites is 1. The van der Waals surface area contributed by atoms with Crippen molar-refractivity contribution in [3.05, 3.63) is 36.2 Å². The molecule has 0 aliphatic heterocycles. The summed E-state index contributed by atoms with van der Waals surface area (Å²) in [5.41, 5.74) is 0.991. The van der Waals surface area contributed by atoms with E-state index in [2.05, 4.69) is 4.98 Å². The normalized spacial score (nSPS) is 10.5. The largest absolute Gasteiger partial charge is 0.241 e. The maximum absolute atomic E-state index is 5.50. The lowest BCUT2D eigenvalue weighted by Crippen LogP contribution is -1.65. The molecule has 0 aliphatic carbocycles. The van der Waals surface area contributed by atoms with E-state index in [0.29, 0.717) is 5.01 Å². The van der Waals surface area contributed by atoms with Gasteiger partial charge in [-0.25, -0.2) is 4.98 Å². The molecule has 1 aromatic heterocycles. The molecular weight excluding hydrogens is 142 g/mol. The van der Waals surface area contributed by atoms with Crippen LogP contribution >= 0.6 is 11.3 Å². The van der Waals surface area contributed by atoms with E-state index in [-0.39, 0.29) is 0 Å². The molecule has 1 heterocycles. The van der Waals surface area contributed by atoms with E-state index in [1.807, 2.05) is 24.3 Å². The van der Waals surface area contributed by atoms with E-state index < -0.39 is 0 Å². The zero-order valence-electron chi connectivity index (χ0n) is 5.24. The second kappa shape index (κ2) is 2.06. The van der Waals surface area contributed by atoms with Crippen LogP contribution in [0.3, 0.4) is 0 Å². The van der Waals surface area contributed by atoms with Crippen LogP contribution in [-0.2, 0) is 0 Å². The molecule has 0 spiro atoms. The lowest BCUT2D eigenvalue weighted by Gasteiger charge is -1.80. The number of thiazole rings is 1. The van der Waals surface area contributed by atoms with E-state index in [4.69, 9.17) is 6.92 Å². The van der Waals surface area contributed by atoms with E-state index >= 15 is 0 Å². The number of hydrogen-bond donors (Lipinski definition) is 0. The predicted octanol–water partition coefficient (Wildman–Crippen LogP) is 2.36. The van der Waals surface area contributed by atoms with Gasteiger partial charge in [-0.15, -0.1) is 11.3 Å². The van der Waals surface area contributed by atoms with Gasteiger partial charge in [0.2, 0.25) is 0 Å². The Bertz CT molecular complexity index is 318. The molecule has 0 fully saturated rings. The fourth-order valence-electron chi connectivity index (χ4n) is 0.890. The number of benzene rings is 1. The topological polar surface area (TPSA) is 12.9 Å². The molecule has 0 bridgehead atoms. The number of rotatable bonds is 0. The van der Waals surface area contributed by atoms with Crippen molar-refractivity contribution in [2.45, 2.75) is 0 Å². The molecule has 2 heteroatoms. The van der Waals surface area contributed by atoms with Gasteiger partial charge in [0, 0.05) is 6.92 Å². The molecule has 2 aromatic rings. The number of aromatic nitrogens is 1. The van der Waals surface area contributed by atoms with Gasteiger partial charge in [0.05, 0.1) is 15.2 Å². The van der Waals surface area contributed by atoms with Gasteiger partial charge in [0.15, 0.2) is 0 Å². The second-order valence-electron chi connectivity index (χ2n) is 2.02. The minimum Gasteiger partial charge on any atom is -0.241 e. The molecule has 48 valence electrons. The first kappa shape index (κ1) is 5.86. The third-order valence-corrected chi connectivity index (χ3v) is 2.18. The molecule has 0 saturated carbocycles. The standard InChI is InChI=1S/C8H5NS/c1-6-9-7-4-2-3-5-8(7)10-6/h1-5H. The van der Waals surface area contributed by atoms with E-state index in [0.717, 1.165) is 10.2 Å². The highest BCUT2D eigenvalue weighted by Crippen LogP contribution is 2.19. The molecule has 2 radical (unpaired) electrons. The van der Waals surface area contributed by atoms with Crippen molar-refractivity contribution >= 4 is 21.6 Å². The summed E-state index contributed by atoms with van der Waals surface area (Å²) in [4.78, 5) is 4.11. The Morgan fingerprint density at radius 1 is 1.30 bits per heavy atom. The number of hydrogen-bond acceptors (Lipinski definition) is 2. The van der Waals surface area contributed by atoms with Crippen LogP contribution < -0.4 is 0 Å². The van der Waals surface area contributed by atoms with Crippen molar-refractivity contribution in [1.82, 2.24) is 4.98 Å². The van der Waals surface area contributed by atoms with Crippen LogP contribution in [0.2, 0.25) is 0 Å². The van der Waals surface area contributed by atoms with Crippen LogP contribution in [-0.4, -0.2) is 4.98 Å². The van der Waals surface area contributed by atoms with Crippen LogP contribution in [0, 0.1) is 6.92 Å². The summed E-state index contributed by atoms with van der Waals surface area (Å²) >= 11 is 1.52. The summed E-state index contributed by atoms with van der Waals surface area (Å²) in [5.74, 6) is 0. The van der Waals surface area contributed by atoms with Crippen LogP contribution in [0.1, 0.15) is 5.01 Å². The monoisotopic (exact) mass is 147 g/mol. The smallest absolute Gasteiger partial charge is 0.0984 e. The molecule has 0 amide bonds. The molecule has 0 N–H and O–H groups in total. The third kappa shape index (κ3) is 0.809. The highest BCUT2D eigenvalue weighted by atomic mass is 32.1. The van der Waals surface area contributed by atoms with Gasteiger partial charge in [-0.3, -0.25) is 0 Å². The SMILES string of the molecule is [CH]c1nc2ccccc2s1. The molecule has 10 heavy (non-hydrogen) atoms. The van der Waals surface area contributed by atoms with Crippen molar-refractivity contribution in [3.8, 4) is 0 Å². The van der Waals surface area contributed by atoms with Crippen molar-refractivity contribution in [2.75, 3.05) is 0 Å². The molecule has 2 rings (SSSR count). The molecule has 0 saturated heterocycles. The maximum atomic E-state index is 5.50. The van der Waals surface area contributed by atoms with E-state index in [1.54, 1.807) is 0 Å². The van der Waals surface area contributed by atoms with Crippen molar-refractivity contribution < 1.29 is 0 Å².